The molecule has 0 N–H and O–H groups in total. The second kappa shape index (κ2) is 35.4. The summed E-state index contributed by atoms with van der Waals surface area (Å²) >= 11 is 0. The van der Waals surface area contributed by atoms with Crippen molar-refractivity contribution in [3.8, 4) is 0 Å². The zero-order chi connectivity index (χ0) is 39.3. The first-order chi connectivity index (χ1) is 25.5. The van der Waals surface area contributed by atoms with E-state index < -0.39 is 32.5 Å². The van der Waals surface area contributed by atoms with E-state index in [1.807, 2.05) is 21.1 Å². The molecule has 0 bridgehead atoms. The van der Waals surface area contributed by atoms with Crippen molar-refractivity contribution in [1.29, 1.82) is 0 Å². The van der Waals surface area contributed by atoms with Gasteiger partial charge in [0.25, 0.3) is 7.82 Å². The summed E-state index contributed by atoms with van der Waals surface area (Å²) in [5, 5.41) is 0. The fourth-order valence-electron chi connectivity index (χ4n) is 4.97. The van der Waals surface area contributed by atoms with Crippen molar-refractivity contribution >= 4 is 19.8 Å². The topological polar surface area (TPSA) is 111 Å². The average molecular weight is 766 g/mol. The van der Waals surface area contributed by atoms with Crippen molar-refractivity contribution in [3.05, 3.63) is 60.8 Å². The number of likely N-dealkylation sites (N-methyl/N-ethyl adjacent to an activating group) is 1. The molecule has 0 aliphatic heterocycles. The van der Waals surface area contributed by atoms with Crippen LogP contribution in [0.3, 0.4) is 0 Å². The fourth-order valence-corrected chi connectivity index (χ4v) is 5.70. The van der Waals surface area contributed by atoms with E-state index in [2.05, 4.69) is 74.6 Å². The number of ether oxygens (including phenoxy) is 2. The number of rotatable bonds is 36. The highest BCUT2D eigenvalue weighted by Gasteiger charge is 2.21. The summed E-state index contributed by atoms with van der Waals surface area (Å²) in [7, 11) is 1.12. The normalized spacial score (nSPS) is 14.3. The third-order valence-corrected chi connectivity index (χ3v) is 9.22. The summed E-state index contributed by atoms with van der Waals surface area (Å²) in [5.41, 5.74) is 0. The molecular formula is C43H76NO8P. The molecular weight excluding hydrogens is 689 g/mol. The monoisotopic (exact) mass is 766 g/mol. The van der Waals surface area contributed by atoms with Gasteiger partial charge in [0, 0.05) is 12.8 Å². The number of quaternary nitrogens is 1. The van der Waals surface area contributed by atoms with Crippen LogP contribution in [-0.2, 0) is 32.7 Å². The molecule has 0 aliphatic carbocycles. The van der Waals surface area contributed by atoms with Crippen LogP contribution < -0.4 is 4.89 Å². The molecule has 0 heterocycles. The molecule has 0 aromatic heterocycles. The lowest BCUT2D eigenvalue weighted by Gasteiger charge is -2.28. The highest BCUT2D eigenvalue weighted by Crippen LogP contribution is 2.38. The maximum Gasteiger partial charge on any atom is 0.306 e. The molecule has 306 valence electrons. The molecule has 53 heavy (non-hydrogen) atoms. The predicted molar refractivity (Wildman–Crippen MR) is 217 cm³/mol. The summed E-state index contributed by atoms with van der Waals surface area (Å²) in [6.45, 7) is 4.07. The number of carbonyl (C=O) groups excluding carboxylic acids is 2. The van der Waals surface area contributed by atoms with Gasteiger partial charge in [0.2, 0.25) is 0 Å². The summed E-state index contributed by atoms with van der Waals surface area (Å²) in [6, 6.07) is 0. The quantitative estimate of drug-likeness (QED) is 0.0204. The molecule has 0 aromatic carbocycles. The van der Waals surface area contributed by atoms with Gasteiger partial charge < -0.3 is 27.9 Å². The van der Waals surface area contributed by atoms with Gasteiger partial charge in [-0.05, 0) is 77.0 Å². The van der Waals surface area contributed by atoms with Gasteiger partial charge in [-0.3, -0.25) is 14.2 Å². The van der Waals surface area contributed by atoms with Crippen molar-refractivity contribution in [2.45, 2.75) is 155 Å². The van der Waals surface area contributed by atoms with E-state index in [0.717, 1.165) is 77.0 Å². The molecule has 0 saturated carbocycles. The fraction of sp³-hybridized carbons (Fsp3) is 0.721. The van der Waals surface area contributed by atoms with Gasteiger partial charge in [-0.2, -0.15) is 0 Å². The minimum atomic E-state index is -4.64. The van der Waals surface area contributed by atoms with E-state index in [4.69, 9.17) is 18.5 Å². The average Bonchev–Trinajstić information content (AvgIpc) is 3.10. The van der Waals surface area contributed by atoms with Crippen LogP contribution in [0.15, 0.2) is 60.8 Å². The molecule has 0 aliphatic rings. The number of nitrogens with zero attached hydrogens (tertiary/aromatic N) is 1. The van der Waals surface area contributed by atoms with Crippen LogP contribution >= 0.6 is 7.82 Å². The number of esters is 2. The van der Waals surface area contributed by atoms with Gasteiger partial charge in [0.15, 0.2) is 6.10 Å². The third kappa shape index (κ3) is 39.2. The number of hydrogen-bond donors (Lipinski definition) is 0. The molecule has 0 fully saturated rings. The molecule has 0 spiro atoms. The molecule has 0 amide bonds. The summed E-state index contributed by atoms with van der Waals surface area (Å²) < 4.78 is 33.8. The summed E-state index contributed by atoms with van der Waals surface area (Å²) in [6.07, 6.45) is 41.0. The Morgan fingerprint density at radius 3 is 1.60 bits per heavy atom. The first kappa shape index (κ1) is 50.7. The SMILES string of the molecule is CCCC/C=C/C/C=C/CCCCCCCC(=O)O[C@H](COC(=O)CCCC/C=C/C/C=C/C/C=C/CCCCC)COP(=O)([O-])OCC[N+](C)(C)C. The lowest BCUT2D eigenvalue weighted by Crippen LogP contribution is -2.37. The van der Waals surface area contributed by atoms with E-state index in [9.17, 15) is 19.0 Å². The van der Waals surface area contributed by atoms with E-state index in [0.29, 0.717) is 23.9 Å². The molecule has 10 heteroatoms. The lowest BCUT2D eigenvalue weighted by molar-refractivity contribution is -0.870. The van der Waals surface area contributed by atoms with Crippen LogP contribution in [0, 0.1) is 0 Å². The van der Waals surface area contributed by atoms with Crippen LogP contribution in [0.4, 0.5) is 0 Å². The van der Waals surface area contributed by atoms with Crippen LogP contribution in [0.1, 0.15) is 149 Å². The van der Waals surface area contributed by atoms with Gasteiger partial charge in [0.1, 0.15) is 19.8 Å². The molecule has 0 saturated heterocycles. The number of allylic oxidation sites excluding steroid dienone is 10. The van der Waals surface area contributed by atoms with Gasteiger partial charge in [0.05, 0.1) is 27.7 Å². The van der Waals surface area contributed by atoms with Crippen molar-refractivity contribution in [2.24, 2.45) is 0 Å². The van der Waals surface area contributed by atoms with E-state index in [-0.39, 0.29) is 26.1 Å². The van der Waals surface area contributed by atoms with Crippen molar-refractivity contribution < 1.29 is 42.1 Å². The highest BCUT2D eigenvalue weighted by atomic mass is 31.2. The Hall–Kier alpha value is -2.29. The minimum absolute atomic E-state index is 0.0424. The van der Waals surface area contributed by atoms with Crippen LogP contribution in [-0.4, -0.2) is 70.0 Å². The van der Waals surface area contributed by atoms with Gasteiger partial charge >= 0.3 is 11.9 Å². The number of hydrogen-bond acceptors (Lipinski definition) is 8. The third-order valence-electron chi connectivity index (χ3n) is 8.26. The van der Waals surface area contributed by atoms with Crippen LogP contribution in [0.5, 0.6) is 0 Å². The maximum absolute atomic E-state index is 12.6. The first-order valence-electron chi connectivity index (χ1n) is 20.5. The Kier molecular flexibility index (Phi) is 33.9. The van der Waals surface area contributed by atoms with Gasteiger partial charge in [-0.1, -0.05) is 120 Å². The Labute approximate surface area is 324 Å². The molecule has 1 unspecified atom stereocenters. The van der Waals surface area contributed by atoms with E-state index >= 15 is 0 Å². The Morgan fingerprint density at radius 1 is 0.585 bits per heavy atom. The minimum Gasteiger partial charge on any atom is -0.756 e. The second-order valence-electron chi connectivity index (χ2n) is 14.6. The molecule has 0 aromatic rings. The number of phosphoric acid groups is 1. The standard InChI is InChI=1S/C43H76NO8P/c1-6-8-10-12-14-16-18-20-22-24-25-27-29-31-33-35-42(45)49-39-41(40-51-53(47,48)50-38-37-44(3,4)5)52-43(46)36-34-32-30-28-26-23-21-19-17-15-13-11-9-7-2/h13-16,19-22,25,27,41H,6-12,17-18,23-24,26,28-40H2,1-5H3/b15-13+,16-14+,21-19+,22-20+,27-25+/t41-/m1/s1. The number of carbonyl (C=O) groups is 2. The summed E-state index contributed by atoms with van der Waals surface area (Å²) in [5.74, 6) is -0.903. The molecule has 0 rings (SSSR count). The largest absolute Gasteiger partial charge is 0.756 e. The van der Waals surface area contributed by atoms with Crippen LogP contribution in [0.2, 0.25) is 0 Å². The van der Waals surface area contributed by atoms with E-state index in [1.54, 1.807) is 0 Å². The molecule has 2 atom stereocenters. The second-order valence-corrected chi connectivity index (χ2v) is 16.1. The molecule has 9 nitrogen and oxygen atoms in total. The van der Waals surface area contributed by atoms with E-state index in [1.165, 1.54) is 32.1 Å². The number of phosphoric ester groups is 1. The number of unbranched alkanes of at least 4 members (excludes halogenated alkanes) is 12. The first-order valence-corrected chi connectivity index (χ1v) is 22.0. The van der Waals surface area contributed by atoms with Crippen molar-refractivity contribution in [2.75, 3.05) is 47.5 Å². The van der Waals surface area contributed by atoms with Gasteiger partial charge in [-0.15, -0.1) is 0 Å². The Balaban J connectivity index is 4.51. The summed E-state index contributed by atoms with van der Waals surface area (Å²) in [4.78, 5) is 37.4. The lowest BCUT2D eigenvalue weighted by atomic mass is 10.1. The smallest absolute Gasteiger partial charge is 0.306 e. The predicted octanol–water partition coefficient (Wildman–Crippen LogP) is 10.7. The van der Waals surface area contributed by atoms with Crippen molar-refractivity contribution in [1.82, 2.24) is 0 Å². The zero-order valence-electron chi connectivity index (χ0n) is 34.2. The van der Waals surface area contributed by atoms with Crippen molar-refractivity contribution in [3.63, 3.8) is 0 Å². The Morgan fingerprint density at radius 2 is 1.04 bits per heavy atom. The molecule has 0 radical (unpaired) electrons. The van der Waals surface area contributed by atoms with Crippen LogP contribution in [0.25, 0.3) is 0 Å². The Bertz CT molecular complexity index is 1090. The maximum atomic E-state index is 12.6. The van der Waals surface area contributed by atoms with Gasteiger partial charge in [-0.25, -0.2) is 0 Å². The zero-order valence-corrected chi connectivity index (χ0v) is 35.1. The highest BCUT2D eigenvalue weighted by molar-refractivity contribution is 7.45.